The molecule has 0 fully saturated rings. The van der Waals surface area contributed by atoms with Gasteiger partial charge in [-0.2, -0.15) is 0 Å². The number of hydrogen-bond acceptors (Lipinski definition) is 2. The van der Waals surface area contributed by atoms with E-state index in [1.165, 1.54) is 31.3 Å². The van der Waals surface area contributed by atoms with Crippen molar-refractivity contribution in [3.8, 4) is 0 Å². The average molecular weight is 194 g/mol. The summed E-state index contributed by atoms with van der Waals surface area (Å²) in [7, 11) is 1.50. The van der Waals surface area contributed by atoms with E-state index in [0.29, 0.717) is 5.69 Å². The molecule has 0 saturated carbocycles. The number of nitrogens with one attached hydrogen (secondary N) is 2. The molecule has 3 N–H and O–H groups in total. The maximum absolute atomic E-state index is 10.9. The summed E-state index contributed by atoms with van der Waals surface area (Å²) in [5, 5.41) is 13.5. The standard InChI is InChI=1S/C9H10N2O3/c1-10-9(14)11-7-4-2-6(3-5-7)8(12)13/h2-5H,1H3,(H,12,13)(H2,10,11,14). The lowest BCUT2D eigenvalue weighted by atomic mass is 10.2. The normalized spacial score (nSPS) is 9.21. The maximum atomic E-state index is 10.9. The van der Waals surface area contributed by atoms with Crippen LogP contribution in [0.25, 0.3) is 0 Å². The zero-order valence-electron chi connectivity index (χ0n) is 7.57. The molecule has 0 radical (unpaired) electrons. The van der Waals surface area contributed by atoms with Crippen molar-refractivity contribution >= 4 is 17.7 Å². The van der Waals surface area contributed by atoms with Gasteiger partial charge in [-0.25, -0.2) is 9.59 Å². The fraction of sp³-hybridized carbons (Fsp3) is 0.111. The number of aromatic carboxylic acids is 1. The number of hydrogen-bond donors (Lipinski definition) is 3. The number of carbonyl (C=O) groups excluding carboxylic acids is 1. The molecule has 5 heteroatoms. The molecule has 0 bridgehead atoms. The van der Waals surface area contributed by atoms with Gasteiger partial charge in [0.25, 0.3) is 0 Å². The van der Waals surface area contributed by atoms with Crippen molar-refractivity contribution in [3.05, 3.63) is 29.8 Å². The Morgan fingerprint density at radius 1 is 1.21 bits per heavy atom. The Bertz CT molecular complexity index is 346. The fourth-order valence-electron chi connectivity index (χ4n) is 0.890. The van der Waals surface area contributed by atoms with Crippen LogP contribution in [0.2, 0.25) is 0 Å². The van der Waals surface area contributed by atoms with Gasteiger partial charge in [0.2, 0.25) is 0 Å². The predicted octanol–water partition coefficient (Wildman–Crippen LogP) is 1.14. The lowest BCUT2D eigenvalue weighted by Gasteiger charge is -2.03. The van der Waals surface area contributed by atoms with Crippen LogP contribution in [0.3, 0.4) is 0 Å². The molecule has 0 unspecified atom stereocenters. The van der Waals surface area contributed by atoms with Crippen molar-refractivity contribution in [2.75, 3.05) is 12.4 Å². The van der Waals surface area contributed by atoms with Crippen LogP contribution in [0, 0.1) is 0 Å². The van der Waals surface area contributed by atoms with Crippen molar-refractivity contribution in [2.45, 2.75) is 0 Å². The quantitative estimate of drug-likeness (QED) is 0.660. The second-order valence-electron chi connectivity index (χ2n) is 2.59. The molecule has 1 rings (SSSR count). The molecule has 1 aromatic carbocycles. The second kappa shape index (κ2) is 4.27. The Hall–Kier alpha value is -2.04. The van der Waals surface area contributed by atoms with Crippen molar-refractivity contribution in [1.29, 1.82) is 0 Å². The van der Waals surface area contributed by atoms with Crippen molar-refractivity contribution in [2.24, 2.45) is 0 Å². The van der Waals surface area contributed by atoms with Crippen LogP contribution in [-0.2, 0) is 0 Å². The van der Waals surface area contributed by atoms with Gasteiger partial charge >= 0.3 is 12.0 Å². The molecule has 0 heterocycles. The maximum Gasteiger partial charge on any atom is 0.335 e. The zero-order valence-corrected chi connectivity index (χ0v) is 7.57. The number of carboxylic acid groups (broad SMARTS) is 1. The lowest BCUT2D eigenvalue weighted by Crippen LogP contribution is -2.24. The van der Waals surface area contributed by atoms with E-state index >= 15 is 0 Å². The third-order valence-corrected chi connectivity index (χ3v) is 1.62. The Kier molecular flexibility index (Phi) is 3.06. The van der Waals surface area contributed by atoms with E-state index in [2.05, 4.69) is 10.6 Å². The summed E-state index contributed by atoms with van der Waals surface area (Å²) in [4.78, 5) is 21.4. The number of anilines is 1. The number of amides is 2. The van der Waals surface area contributed by atoms with Crippen LogP contribution in [0.5, 0.6) is 0 Å². The van der Waals surface area contributed by atoms with Gasteiger partial charge in [0.15, 0.2) is 0 Å². The molecule has 0 saturated heterocycles. The summed E-state index contributed by atoms with van der Waals surface area (Å²) in [6, 6.07) is 5.56. The van der Waals surface area contributed by atoms with Gasteiger partial charge in [0, 0.05) is 12.7 Å². The molecule has 5 nitrogen and oxygen atoms in total. The number of benzene rings is 1. The third-order valence-electron chi connectivity index (χ3n) is 1.62. The fourth-order valence-corrected chi connectivity index (χ4v) is 0.890. The first-order valence-corrected chi connectivity index (χ1v) is 3.95. The molecule has 74 valence electrons. The summed E-state index contributed by atoms with van der Waals surface area (Å²) < 4.78 is 0. The Balaban J connectivity index is 2.73. The predicted molar refractivity (Wildman–Crippen MR) is 51.5 cm³/mol. The van der Waals surface area contributed by atoms with Gasteiger partial charge in [0.05, 0.1) is 5.56 Å². The average Bonchev–Trinajstić information content (AvgIpc) is 2.18. The van der Waals surface area contributed by atoms with Crippen molar-refractivity contribution in [3.63, 3.8) is 0 Å². The van der Waals surface area contributed by atoms with Gasteiger partial charge in [-0.05, 0) is 24.3 Å². The van der Waals surface area contributed by atoms with E-state index in [1.807, 2.05) is 0 Å². The highest BCUT2D eigenvalue weighted by Gasteiger charge is 2.02. The Labute approximate surface area is 80.7 Å². The molecule has 0 spiro atoms. The van der Waals surface area contributed by atoms with Crippen LogP contribution in [-0.4, -0.2) is 24.2 Å². The monoisotopic (exact) mass is 194 g/mol. The summed E-state index contributed by atoms with van der Waals surface area (Å²) in [5.41, 5.74) is 0.738. The van der Waals surface area contributed by atoms with Crippen molar-refractivity contribution < 1.29 is 14.7 Å². The Morgan fingerprint density at radius 3 is 2.21 bits per heavy atom. The molecule has 0 aliphatic rings. The van der Waals surface area contributed by atoms with Gasteiger partial charge in [-0.3, -0.25) is 0 Å². The highest BCUT2D eigenvalue weighted by Crippen LogP contribution is 2.08. The highest BCUT2D eigenvalue weighted by atomic mass is 16.4. The minimum atomic E-state index is -0.989. The zero-order chi connectivity index (χ0) is 10.6. The molecule has 0 atom stereocenters. The number of carboxylic acids is 1. The smallest absolute Gasteiger partial charge is 0.335 e. The van der Waals surface area contributed by atoms with E-state index in [9.17, 15) is 9.59 Å². The molecular weight excluding hydrogens is 184 g/mol. The minimum absolute atomic E-state index is 0.187. The van der Waals surface area contributed by atoms with Gasteiger partial charge in [-0.15, -0.1) is 0 Å². The van der Waals surface area contributed by atoms with E-state index in [0.717, 1.165) is 0 Å². The molecule has 0 aromatic heterocycles. The van der Waals surface area contributed by atoms with E-state index in [1.54, 1.807) is 0 Å². The van der Waals surface area contributed by atoms with E-state index < -0.39 is 5.97 Å². The van der Waals surface area contributed by atoms with Gasteiger partial charge in [0.1, 0.15) is 0 Å². The molecule has 2 amide bonds. The van der Waals surface area contributed by atoms with Gasteiger partial charge < -0.3 is 15.7 Å². The van der Waals surface area contributed by atoms with Crippen molar-refractivity contribution in [1.82, 2.24) is 5.32 Å². The first-order chi connectivity index (χ1) is 6.63. The Morgan fingerprint density at radius 2 is 1.79 bits per heavy atom. The first-order valence-electron chi connectivity index (χ1n) is 3.95. The third kappa shape index (κ3) is 2.48. The molecular formula is C9H10N2O3. The van der Waals surface area contributed by atoms with Crippen LogP contribution >= 0.6 is 0 Å². The van der Waals surface area contributed by atoms with E-state index in [-0.39, 0.29) is 11.6 Å². The molecule has 0 aliphatic carbocycles. The minimum Gasteiger partial charge on any atom is -0.478 e. The van der Waals surface area contributed by atoms with Gasteiger partial charge in [-0.1, -0.05) is 0 Å². The number of carbonyl (C=O) groups is 2. The van der Waals surface area contributed by atoms with Crippen LogP contribution in [0.4, 0.5) is 10.5 Å². The van der Waals surface area contributed by atoms with Crippen LogP contribution < -0.4 is 10.6 Å². The summed E-state index contributed by atoms with van der Waals surface area (Å²) in [5.74, 6) is -0.989. The second-order valence-corrected chi connectivity index (χ2v) is 2.59. The largest absolute Gasteiger partial charge is 0.478 e. The summed E-state index contributed by atoms with van der Waals surface area (Å²) in [6.07, 6.45) is 0. The number of urea groups is 1. The molecule has 0 aliphatic heterocycles. The first kappa shape index (κ1) is 10.0. The molecule has 14 heavy (non-hydrogen) atoms. The van der Waals surface area contributed by atoms with Crippen LogP contribution in [0.15, 0.2) is 24.3 Å². The SMILES string of the molecule is CNC(=O)Nc1ccc(C(=O)O)cc1. The molecule has 1 aromatic rings. The summed E-state index contributed by atoms with van der Waals surface area (Å²) in [6.45, 7) is 0. The topological polar surface area (TPSA) is 78.4 Å². The van der Waals surface area contributed by atoms with Crippen LogP contribution in [0.1, 0.15) is 10.4 Å². The highest BCUT2D eigenvalue weighted by molar-refractivity contribution is 5.91. The lowest BCUT2D eigenvalue weighted by molar-refractivity contribution is 0.0697. The summed E-state index contributed by atoms with van der Waals surface area (Å²) >= 11 is 0. The van der Waals surface area contributed by atoms with E-state index in [4.69, 9.17) is 5.11 Å². The number of rotatable bonds is 2.